The molecule has 2 aromatic rings. The fourth-order valence-corrected chi connectivity index (χ4v) is 2.07. The average molecular weight is 302 g/mol. The van der Waals surface area contributed by atoms with Crippen LogP contribution in [0.5, 0.6) is 5.75 Å². The predicted octanol–water partition coefficient (Wildman–Crippen LogP) is 1.69. The molecule has 0 spiro atoms. The Labute approximate surface area is 130 Å². The monoisotopic (exact) mass is 302 g/mol. The smallest absolute Gasteiger partial charge is 0.224 e. The number of carbonyl (C=O) groups is 1. The summed E-state index contributed by atoms with van der Waals surface area (Å²) in [7, 11) is 1.64. The topological polar surface area (TPSA) is 93.0 Å². The lowest BCUT2D eigenvalue weighted by molar-refractivity contribution is -0.125. The van der Waals surface area contributed by atoms with Gasteiger partial charge in [0.2, 0.25) is 5.91 Å². The van der Waals surface area contributed by atoms with Crippen molar-refractivity contribution in [3.63, 3.8) is 0 Å². The molecule has 1 heterocycles. The van der Waals surface area contributed by atoms with Gasteiger partial charge in [-0.15, -0.1) is 0 Å². The highest BCUT2D eigenvalue weighted by Crippen LogP contribution is 2.25. The number of ether oxygens (including phenoxy) is 1. The summed E-state index contributed by atoms with van der Waals surface area (Å²) in [6, 6.07) is 7.77. The lowest BCUT2D eigenvalue weighted by Crippen LogP contribution is -2.40. The zero-order chi connectivity index (χ0) is 16.2. The first-order valence-corrected chi connectivity index (χ1v) is 7.11. The van der Waals surface area contributed by atoms with Crippen molar-refractivity contribution in [3.05, 3.63) is 36.0 Å². The van der Waals surface area contributed by atoms with E-state index in [1.807, 2.05) is 38.1 Å². The van der Waals surface area contributed by atoms with Crippen LogP contribution in [0.1, 0.15) is 19.4 Å². The molecule has 1 amide bonds. The van der Waals surface area contributed by atoms with Gasteiger partial charge in [-0.3, -0.25) is 9.89 Å². The Bertz CT molecular complexity index is 649. The summed E-state index contributed by atoms with van der Waals surface area (Å²) in [6.45, 7) is 4.74. The second-order valence-electron chi connectivity index (χ2n) is 5.85. The second kappa shape index (κ2) is 6.62. The van der Waals surface area contributed by atoms with Crippen molar-refractivity contribution in [1.82, 2.24) is 15.5 Å². The van der Waals surface area contributed by atoms with E-state index in [1.54, 1.807) is 13.3 Å². The first kappa shape index (κ1) is 16.0. The van der Waals surface area contributed by atoms with E-state index in [1.165, 1.54) is 0 Å². The molecule has 0 aliphatic heterocycles. The van der Waals surface area contributed by atoms with Crippen LogP contribution in [0, 0.1) is 5.41 Å². The maximum absolute atomic E-state index is 11.3. The summed E-state index contributed by atoms with van der Waals surface area (Å²) in [5.74, 6) is 0.473. The van der Waals surface area contributed by atoms with Gasteiger partial charge in [0.25, 0.3) is 0 Å². The Kier molecular flexibility index (Phi) is 4.82. The van der Waals surface area contributed by atoms with E-state index in [9.17, 15) is 4.79 Å². The van der Waals surface area contributed by atoms with Crippen LogP contribution in [-0.2, 0) is 11.3 Å². The molecule has 0 saturated carbocycles. The Hall–Kier alpha value is -2.34. The standard InChI is InChI=1S/C16H22N4O2/c1-16(2,15(17)21)10-18-8-12-9-19-20-14(12)11-5-4-6-13(7-11)22-3/h4-7,9,18H,8,10H2,1-3H3,(H2,17,21)(H,19,20). The molecule has 1 aromatic carbocycles. The van der Waals surface area contributed by atoms with E-state index in [-0.39, 0.29) is 5.91 Å². The summed E-state index contributed by atoms with van der Waals surface area (Å²) in [4.78, 5) is 11.3. The number of hydrogen-bond donors (Lipinski definition) is 3. The van der Waals surface area contributed by atoms with Crippen molar-refractivity contribution in [2.75, 3.05) is 13.7 Å². The lowest BCUT2D eigenvalue weighted by Gasteiger charge is -2.20. The van der Waals surface area contributed by atoms with Crippen molar-refractivity contribution in [2.45, 2.75) is 20.4 Å². The summed E-state index contributed by atoms with van der Waals surface area (Å²) in [6.07, 6.45) is 1.78. The fourth-order valence-electron chi connectivity index (χ4n) is 2.07. The number of carbonyl (C=O) groups excluding carboxylic acids is 1. The van der Waals surface area contributed by atoms with Crippen LogP contribution in [0.25, 0.3) is 11.3 Å². The molecule has 22 heavy (non-hydrogen) atoms. The number of nitrogens with zero attached hydrogens (tertiary/aromatic N) is 1. The maximum atomic E-state index is 11.3. The number of amides is 1. The SMILES string of the molecule is COc1cccc(-c2[nH]ncc2CNCC(C)(C)C(N)=O)c1. The number of aromatic amines is 1. The molecule has 4 N–H and O–H groups in total. The number of rotatable bonds is 7. The molecule has 6 nitrogen and oxygen atoms in total. The molecular formula is C16H22N4O2. The third kappa shape index (κ3) is 3.65. The van der Waals surface area contributed by atoms with E-state index < -0.39 is 5.41 Å². The Morgan fingerprint density at radius 2 is 2.23 bits per heavy atom. The van der Waals surface area contributed by atoms with Gasteiger partial charge in [0.05, 0.1) is 24.4 Å². The van der Waals surface area contributed by atoms with Crippen LogP contribution in [-0.4, -0.2) is 29.8 Å². The minimum atomic E-state index is -0.583. The van der Waals surface area contributed by atoms with Crippen LogP contribution in [0.4, 0.5) is 0 Å². The number of primary amides is 1. The number of aromatic nitrogens is 2. The average Bonchev–Trinajstić information content (AvgIpc) is 2.95. The van der Waals surface area contributed by atoms with Gasteiger partial charge in [0.1, 0.15) is 5.75 Å². The van der Waals surface area contributed by atoms with Crippen LogP contribution in [0.15, 0.2) is 30.5 Å². The zero-order valence-corrected chi connectivity index (χ0v) is 13.1. The Morgan fingerprint density at radius 3 is 2.91 bits per heavy atom. The van der Waals surface area contributed by atoms with Crippen LogP contribution in [0.3, 0.4) is 0 Å². The number of benzene rings is 1. The Morgan fingerprint density at radius 1 is 1.45 bits per heavy atom. The highest BCUT2D eigenvalue weighted by atomic mass is 16.5. The highest BCUT2D eigenvalue weighted by Gasteiger charge is 2.24. The number of methoxy groups -OCH3 is 1. The van der Waals surface area contributed by atoms with Gasteiger partial charge >= 0.3 is 0 Å². The first-order valence-electron chi connectivity index (χ1n) is 7.11. The molecule has 0 aliphatic carbocycles. The summed E-state index contributed by atoms with van der Waals surface area (Å²) < 4.78 is 5.24. The fraction of sp³-hybridized carbons (Fsp3) is 0.375. The molecule has 0 atom stereocenters. The molecule has 0 fully saturated rings. The van der Waals surface area contributed by atoms with E-state index in [0.717, 1.165) is 22.6 Å². The molecule has 0 saturated heterocycles. The molecule has 0 unspecified atom stereocenters. The van der Waals surface area contributed by atoms with Crippen molar-refractivity contribution in [1.29, 1.82) is 0 Å². The van der Waals surface area contributed by atoms with Gasteiger partial charge in [-0.2, -0.15) is 5.10 Å². The number of nitrogens with one attached hydrogen (secondary N) is 2. The number of nitrogens with two attached hydrogens (primary N) is 1. The third-order valence-corrected chi connectivity index (χ3v) is 3.63. The van der Waals surface area contributed by atoms with Crippen LogP contribution in [0.2, 0.25) is 0 Å². The minimum absolute atomic E-state index is 0.319. The van der Waals surface area contributed by atoms with Gasteiger partial charge in [-0.05, 0) is 26.0 Å². The van der Waals surface area contributed by atoms with Crippen LogP contribution >= 0.6 is 0 Å². The minimum Gasteiger partial charge on any atom is -0.497 e. The predicted molar refractivity (Wildman–Crippen MR) is 85.3 cm³/mol. The van der Waals surface area contributed by atoms with Gasteiger partial charge in [-0.1, -0.05) is 12.1 Å². The molecule has 118 valence electrons. The van der Waals surface area contributed by atoms with Crippen molar-refractivity contribution in [2.24, 2.45) is 11.1 Å². The van der Waals surface area contributed by atoms with Crippen molar-refractivity contribution in [3.8, 4) is 17.0 Å². The first-order chi connectivity index (χ1) is 10.4. The second-order valence-corrected chi connectivity index (χ2v) is 5.85. The Balaban J connectivity index is 2.08. The van der Waals surface area contributed by atoms with E-state index in [4.69, 9.17) is 10.5 Å². The number of hydrogen-bond acceptors (Lipinski definition) is 4. The van der Waals surface area contributed by atoms with E-state index >= 15 is 0 Å². The maximum Gasteiger partial charge on any atom is 0.224 e. The third-order valence-electron chi connectivity index (χ3n) is 3.63. The molecule has 2 rings (SSSR count). The molecule has 1 aromatic heterocycles. The molecule has 0 aliphatic rings. The summed E-state index contributed by atoms with van der Waals surface area (Å²) >= 11 is 0. The molecule has 6 heteroatoms. The summed E-state index contributed by atoms with van der Waals surface area (Å²) in [5, 5.41) is 10.4. The molecule has 0 radical (unpaired) electrons. The van der Waals surface area contributed by atoms with Gasteiger partial charge < -0.3 is 15.8 Å². The van der Waals surface area contributed by atoms with Gasteiger partial charge in [0.15, 0.2) is 0 Å². The molecular weight excluding hydrogens is 280 g/mol. The van der Waals surface area contributed by atoms with E-state index in [2.05, 4.69) is 15.5 Å². The summed E-state index contributed by atoms with van der Waals surface area (Å²) in [5.41, 5.74) is 7.75. The normalized spacial score (nSPS) is 11.4. The largest absolute Gasteiger partial charge is 0.497 e. The lowest BCUT2D eigenvalue weighted by atomic mass is 9.92. The van der Waals surface area contributed by atoms with E-state index in [0.29, 0.717) is 13.1 Å². The van der Waals surface area contributed by atoms with Gasteiger partial charge in [0, 0.05) is 24.2 Å². The number of H-pyrrole nitrogens is 1. The van der Waals surface area contributed by atoms with Gasteiger partial charge in [-0.25, -0.2) is 0 Å². The van der Waals surface area contributed by atoms with Crippen LogP contribution < -0.4 is 15.8 Å². The molecule has 0 bridgehead atoms. The zero-order valence-electron chi connectivity index (χ0n) is 13.1. The highest BCUT2D eigenvalue weighted by molar-refractivity contribution is 5.80. The van der Waals surface area contributed by atoms with Crippen molar-refractivity contribution >= 4 is 5.91 Å². The quantitative estimate of drug-likeness (QED) is 0.725. The van der Waals surface area contributed by atoms with Crippen molar-refractivity contribution < 1.29 is 9.53 Å².